The second-order valence-electron chi connectivity index (χ2n) is 2.71. The smallest absolute Gasteiger partial charge is 0.310 e. The lowest BCUT2D eigenvalue weighted by atomic mass is 10.0. The van der Waals surface area contributed by atoms with Gasteiger partial charge in [-0.15, -0.1) is 0 Å². The second-order valence-corrected chi connectivity index (χ2v) is 3.57. The van der Waals surface area contributed by atoms with Crippen LogP contribution in [0.3, 0.4) is 0 Å². The number of rotatable bonds is 0. The van der Waals surface area contributed by atoms with Gasteiger partial charge in [0.1, 0.15) is 6.61 Å². The van der Waals surface area contributed by atoms with E-state index in [1.54, 1.807) is 0 Å². The average Bonchev–Trinajstić information content (AvgIpc) is 2.04. The Morgan fingerprint density at radius 2 is 2.25 bits per heavy atom. The first kappa shape index (κ1) is 7.80. The molecule has 0 fully saturated rings. The van der Waals surface area contributed by atoms with Gasteiger partial charge in [-0.2, -0.15) is 0 Å². The number of cyclic esters (lactones) is 1. The normalized spacial score (nSPS) is 15.2. The van der Waals surface area contributed by atoms with Crippen LogP contribution >= 0.6 is 15.9 Å². The van der Waals surface area contributed by atoms with E-state index in [9.17, 15) is 4.79 Å². The van der Waals surface area contributed by atoms with Crippen molar-refractivity contribution in [3.05, 3.63) is 33.8 Å². The van der Waals surface area contributed by atoms with Crippen LogP contribution in [0.2, 0.25) is 0 Å². The summed E-state index contributed by atoms with van der Waals surface area (Å²) in [6.07, 6.45) is 0.398. The van der Waals surface area contributed by atoms with Gasteiger partial charge >= 0.3 is 5.97 Å². The van der Waals surface area contributed by atoms with Crippen molar-refractivity contribution in [2.45, 2.75) is 13.0 Å². The van der Waals surface area contributed by atoms with Crippen LogP contribution < -0.4 is 0 Å². The third-order valence-electron chi connectivity index (χ3n) is 1.93. The topological polar surface area (TPSA) is 26.3 Å². The van der Waals surface area contributed by atoms with E-state index in [0.29, 0.717) is 13.0 Å². The van der Waals surface area contributed by atoms with Gasteiger partial charge in [0, 0.05) is 10.0 Å². The summed E-state index contributed by atoms with van der Waals surface area (Å²) in [7, 11) is 0. The number of carbonyl (C=O) groups is 1. The number of fused-ring (bicyclic) bond motifs is 1. The summed E-state index contributed by atoms with van der Waals surface area (Å²) >= 11 is 3.41. The molecule has 2 nitrogen and oxygen atoms in total. The number of hydrogen-bond acceptors (Lipinski definition) is 2. The summed E-state index contributed by atoms with van der Waals surface area (Å²) in [5.41, 5.74) is 2.16. The lowest BCUT2D eigenvalue weighted by Gasteiger charge is -2.16. The number of carbonyl (C=O) groups excluding carboxylic acids is 1. The van der Waals surface area contributed by atoms with Crippen molar-refractivity contribution in [3.8, 4) is 0 Å². The van der Waals surface area contributed by atoms with Gasteiger partial charge < -0.3 is 4.74 Å². The Morgan fingerprint density at radius 3 is 3.08 bits per heavy atom. The van der Waals surface area contributed by atoms with Crippen LogP contribution in [0.5, 0.6) is 0 Å². The van der Waals surface area contributed by atoms with Crippen molar-refractivity contribution < 1.29 is 9.53 Å². The molecule has 0 bridgehead atoms. The summed E-state index contributed by atoms with van der Waals surface area (Å²) in [5, 5.41) is 0. The van der Waals surface area contributed by atoms with Gasteiger partial charge in [-0.1, -0.05) is 28.1 Å². The van der Waals surface area contributed by atoms with E-state index in [2.05, 4.69) is 15.9 Å². The van der Waals surface area contributed by atoms with Crippen LogP contribution in [0.4, 0.5) is 0 Å². The van der Waals surface area contributed by atoms with E-state index < -0.39 is 0 Å². The minimum Gasteiger partial charge on any atom is -0.461 e. The van der Waals surface area contributed by atoms with Crippen LogP contribution in [-0.4, -0.2) is 5.97 Å². The molecule has 0 aliphatic carbocycles. The third-order valence-corrected chi connectivity index (χ3v) is 2.67. The van der Waals surface area contributed by atoms with Gasteiger partial charge in [0.25, 0.3) is 0 Å². The van der Waals surface area contributed by atoms with Crippen LogP contribution in [0, 0.1) is 0 Å². The van der Waals surface area contributed by atoms with Crippen LogP contribution in [0.25, 0.3) is 0 Å². The summed E-state index contributed by atoms with van der Waals surface area (Å²) < 4.78 is 5.94. The Hall–Kier alpha value is -0.830. The summed E-state index contributed by atoms with van der Waals surface area (Å²) in [6, 6.07) is 5.85. The van der Waals surface area contributed by atoms with Crippen molar-refractivity contribution in [2.75, 3.05) is 0 Å². The molecule has 0 spiro atoms. The van der Waals surface area contributed by atoms with E-state index >= 15 is 0 Å². The molecule has 0 N–H and O–H groups in total. The molecule has 0 radical (unpaired) electrons. The van der Waals surface area contributed by atoms with Crippen molar-refractivity contribution in [1.82, 2.24) is 0 Å². The van der Waals surface area contributed by atoms with E-state index in [-0.39, 0.29) is 5.97 Å². The summed E-state index contributed by atoms with van der Waals surface area (Å²) in [6.45, 7) is 0.398. The van der Waals surface area contributed by atoms with Crippen molar-refractivity contribution in [1.29, 1.82) is 0 Å². The predicted octanol–water partition coefficient (Wildman–Crippen LogP) is 2.05. The van der Waals surface area contributed by atoms with Crippen LogP contribution in [-0.2, 0) is 22.6 Å². The van der Waals surface area contributed by atoms with Gasteiger partial charge in [0.15, 0.2) is 0 Å². The number of hydrogen-bond donors (Lipinski definition) is 0. The molecule has 1 aliphatic heterocycles. The van der Waals surface area contributed by atoms with Gasteiger partial charge in [0.2, 0.25) is 0 Å². The molecule has 3 heteroatoms. The van der Waals surface area contributed by atoms with Crippen molar-refractivity contribution in [3.63, 3.8) is 0 Å². The number of benzene rings is 1. The number of halogens is 1. The molecule has 12 heavy (non-hydrogen) atoms. The average molecular weight is 227 g/mol. The SMILES string of the molecule is O=C1Cc2cccc(Br)c2CO1. The minimum atomic E-state index is -0.138. The Balaban J connectivity index is 2.48. The van der Waals surface area contributed by atoms with Gasteiger partial charge in [-0.05, 0) is 11.6 Å². The Labute approximate surface area is 78.7 Å². The zero-order chi connectivity index (χ0) is 8.55. The highest BCUT2D eigenvalue weighted by atomic mass is 79.9. The first-order valence-corrected chi connectivity index (χ1v) is 4.48. The molecule has 2 rings (SSSR count). The molecular weight excluding hydrogens is 220 g/mol. The zero-order valence-corrected chi connectivity index (χ0v) is 7.93. The molecule has 1 aromatic rings. The molecule has 1 heterocycles. The molecule has 0 atom stereocenters. The lowest BCUT2D eigenvalue weighted by molar-refractivity contribution is -0.145. The maximum Gasteiger partial charge on any atom is 0.310 e. The molecule has 0 unspecified atom stereocenters. The first-order valence-electron chi connectivity index (χ1n) is 3.69. The first-order chi connectivity index (χ1) is 5.77. The third kappa shape index (κ3) is 1.25. The molecule has 0 saturated carbocycles. The summed E-state index contributed by atoms with van der Waals surface area (Å²) in [4.78, 5) is 10.9. The fourth-order valence-corrected chi connectivity index (χ4v) is 1.81. The maximum atomic E-state index is 10.9. The number of esters is 1. The summed E-state index contributed by atoms with van der Waals surface area (Å²) in [5.74, 6) is -0.138. The molecule has 0 aromatic heterocycles. The van der Waals surface area contributed by atoms with E-state index in [0.717, 1.165) is 15.6 Å². The highest BCUT2D eigenvalue weighted by Crippen LogP contribution is 2.25. The Bertz CT molecular complexity index is 333. The quantitative estimate of drug-likeness (QED) is 0.634. The lowest BCUT2D eigenvalue weighted by Crippen LogP contribution is -2.16. The minimum absolute atomic E-state index is 0.138. The van der Waals surface area contributed by atoms with Gasteiger partial charge in [-0.3, -0.25) is 4.79 Å². The zero-order valence-electron chi connectivity index (χ0n) is 6.34. The molecule has 0 saturated heterocycles. The largest absolute Gasteiger partial charge is 0.461 e. The van der Waals surface area contributed by atoms with E-state index in [1.807, 2.05) is 18.2 Å². The highest BCUT2D eigenvalue weighted by molar-refractivity contribution is 9.10. The molecule has 0 amide bonds. The highest BCUT2D eigenvalue weighted by Gasteiger charge is 2.17. The van der Waals surface area contributed by atoms with Crippen molar-refractivity contribution in [2.24, 2.45) is 0 Å². The van der Waals surface area contributed by atoms with Gasteiger partial charge in [-0.25, -0.2) is 0 Å². The van der Waals surface area contributed by atoms with Gasteiger partial charge in [0.05, 0.1) is 6.42 Å². The molecule has 1 aromatic carbocycles. The monoisotopic (exact) mass is 226 g/mol. The molecular formula is C9H7BrO2. The Kier molecular flexibility index (Phi) is 1.89. The fraction of sp³-hybridized carbons (Fsp3) is 0.222. The standard InChI is InChI=1S/C9H7BrO2/c10-8-3-1-2-6-4-9(11)12-5-7(6)8/h1-3H,4-5H2. The van der Waals surface area contributed by atoms with E-state index in [4.69, 9.17) is 4.74 Å². The number of ether oxygens (including phenoxy) is 1. The molecule has 1 aliphatic rings. The Morgan fingerprint density at radius 1 is 1.42 bits per heavy atom. The van der Waals surface area contributed by atoms with Crippen molar-refractivity contribution >= 4 is 21.9 Å². The second kappa shape index (κ2) is 2.90. The van der Waals surface area contributed by atoms with Crippen LogP contribution in [0.15, 0.2) is 22.7 Å². The molecule has 62 valence electrons. The maximum absolute atomic E-state index is 10.9. The van der Waals surface area contributed by atoms with E-state index in [1.165, 1.54) is 0 Å². The van der Waals surface area contributed by atoms with Crippen LogP contribution in [0.1, 0.15) is 11.1 Å². The predicted molar refractivity (Wildman–Crippen MR) is 47.6 cm³/mol. The fourth-order valence-electron chi connectivity index (χ4n) is 1.29.